The van der Waals surface area contributed by atoms with Crippen LogP contribution in [0.1, 0.15) is 10.4 Å². The minimum atomic E-state index is -0.913. The number of nitrogens with one attached hydrogen (secondary N) is 2. The molecule has 2 N–H and O–H groups in total. The summed E-state index contributed by atoms with van der Waals surface area (Å²) in [5.74, 6) is 0.117. The maximum absolute atomic E-state index is 14.7. The minimum absolute atomic E-state index is 0.118. The Morgan fingerprint density at radius 2 is 1.69 bits per heavy atom. The number of carbonyl (C=O) groups is 2. The van der Waals surface area contributed by atoms with Crippen molar-refractivity contribution in [2.45, 2.75) is 0 Å². The second-order valence-electron chi connectivity index (χ2n) is 7.17. The zero-order chi connectivity index (χ0) is 24.9. The van der Waals surface area contributed by atoms with Crippen LogP contribution in [0.5, 0.6) is 23.0 Å². The highest BCUT2D eigenvalue weighted by molar-refractivity contribution is 6.34. The molecule has 0 radical (unpaired) electrons. The van der Waals surface area contributed by atoms with E-state index in [0.717, 1.165) is 6.07 Å². The number of hydrogen-bond acceptors (Lipinski definition) is 6. The molecule has 178 valence electrons. The van der Waals surface area contributed by atoms with Gasteiger partial charge in [-0.15, -0.1) is 0 Å². The Kier molecular flexibility index (Phi) is 6.98. The summed E-state index contributed by atoms with van der Waals surface area (Å²) in [6.45, 7) is 0. The van der Waals surface area contributed by atoms with Crippen LogP contribution in [0.2, 0.25) is 5.02 Å². The number of anilines is 1. The molecule has 8 nitrogen and oxygen atoms in total. The lowest BCUT2D eigenvalue weighted by molar-refractivity contribution is 0.0967. The van der Waals surface area contributed by atoms with Crippen molar-refractivity contribution in [2.75, 3.05) is 19.5 Å². The molecule has 10 heteroatoms. The van der Waals surface area contributed by atoms with Crippen molar-refractivity contribution in [1.29, 1.82) is 0 Å². The molecular formula is C25H19ClFN3O5. The fraction of sp³-hybridized carbons (Fsp3) is 0.0800. The lowest BCUT2D eigenvalue weighted by atomic mass is 10.2. The fourth-order valence-electron chi connectivity index (χ4n) is 3.29. The number of carbonyl (C=O) groups excluding carboxylic acids is 2. The molecule has 3 aromatic carbocycles. The van der Waals surface area contributed by atoms with E-state index in [4.69, 9.17) is 25.8 Å². The zero-order valence-corrected chi connectivity index (χ0v) is 19.4. The first kappa shape index (κ1) is 23.8. The number of aromatic nitrogens is 1. The largest absolute Gasteiger partial charge is 0.493 e. The monoisotopic (exact) mass is 495 g/mol. The number of rotatable bonds is 6. The lowest BCUT2D eigenvalue weighted by Crippen LogP contribution is -2.34. The molecular weight excluding hydrogens is 477 g/mol. The number of halogens is 2. The van der Waals surface area contributed by atoms with Crippen LogP contribution in [0.25, 0.3) is 10.9 Å². The average molecular weight is 496 g/mol. The summed E-state index contributed by atoms with van der Waals surface area (Å²) in [4.78, 5) is 28.7. The van der Waals surface area contributed by atoms with Gasteiger partial charge in [0.1, 0.15) is 17.3 Å². The summed E-state index contributed by atoms with van der Waals surface area (Å²) in [5.41, 5.74) is 0.568. The standard InChI is InChI=1S/C25H19ClFN3O5/c1-33-22-12-16-20(13-23(22)34-2)28-10-9-21(16)35-14-7-8-19(18(27)11-14)29-25(32)30-24(31)15-5-3-4-6-17(15)26/h3-13H,1-2H3,(H2,29,30,31,32). The topological polar surface area (TPSA) is 98.8 Å². The first-order valence-electron chi connectivity index (χ1n) is 10.2. The Hall–Kier alpha value is -4.37. The van der Waals surface area contributed by atoms with E-state index >= 15 is 0 Å². The Balaban J connectivity index is 1.50. The summed E-state index contributed by atoms with van der Waals surface area (Å²) >= 11 is 5.96. The van der Waals surface area contributed by atoms with Crippen molar-refractivity contribution in [3.8, 4) is 23.0 Å². The average Bonchev–Trinajstić information content (AvgIpc) is 2.85. The van der Waals surface area contributed by atoms with Gasteiger partial charge in [0.05, 0.1) is 36.0 Å². The highest BCUT2D eigenvalue weighted by atomic mass is 35.5. The normalized spacial score (nSPS) is 10.5. The Morgan fingerprint density at radius 3 is 2.40 bits per heavy atom. The number of fused-ring (bicyclic) bond motifs is 1. The summed E-state index contributed by atoms with van der Waals surface area (Å²) in [7, 11) is 3.04. The predicted molar refractivity (Wildman–Crippen MR) is 129 cm³/mol. The molecule has 0 spiro atoms. The van der Waals surface area contributed by atoms with Crippen LogP contribution in [-0.2, 0) is 0 Å². The maximum Gasteiger partial charge on any atom is 0.326 e. The van der Waals surface area contributed by atoms with E-state index in [9.17, 15) is 14.0 Å². The molecule has 1 heterocycles. The van der Waals surface area contributed by atoms with Gasteiger partial charge in [-0.05, 0) is 36.4 Å². The number of imide groups is 1. The molecule has 3 amide bonds. The van der Waals surface area contributed by atoms with E-state index < -0.39 is 17.8 Å². The van der Waals surface area contributed by atoms with Gasteiger partial charge in [0.25, 0.3) is 5.91 Å². The van der Waals surface area contributed by atoms with Gasteiger partial charge < -0.3 is 19.5 Å². The third-order valence-corrected chi connectivity index (χ3v) is 5.30. The smallest absolute Gasteiger partial charge is 0.326 e. The molecule has 0 aliphatic carbocycles. The number of ether oxygens (including phenoxy) is 3. The lowest BCUT2D eigenvalue weighted by Gasteiger charge is -2.13. The van der Waals surface area contributed by atoms with Crippen LogP contribution < -0.4 is 24.8 Å². The van der Waals surface area contributed by atoms with Gasteiger partial charge in [0.15, 0.2) is 11.5 Å². The zero-order valence-electron chi connectivity index (χ0n) is 18.6. The van der Waals surface area contributed by atoms with E-state index in [1.54, 1.807) is 36.5 Å². The highest BCUT2D eigenvalue weighted by Crippen LogP contribution is 2.37. The number of amides is 3. The van der Waals surface area contributed by atoms with Gasteiger partial charge in [-0.2, -0.15) is 0 Å². The Morgan fingerprint density at radius 1 is 0.943 bits per heavy atom. The predicted octanol–water partition coefficient (Wildman–Crippen LogP) is 5.80. The summed E-state index contributed by atoms with van der Waals surface area (Å²) < 4.78 is 31.2. The van der Waals surface area contributed by atoms with E-state index in [1.165, 1.54) is 38.5 Å². The molecule has 35 heavy (non-hydrogen) atoms. The Bertz CT molecular complexity index is 1430. The molecule has 4 rings (SSSR count). The number of urea groups is 1. The van der Waals surface area contributed by atoms with Crippen LogP contribution in [0.3, 0.4) is 0 Å². The number of hydrogen-bond donors (Lipinski definition) is 2. The fourth-order valence-corrected chi connectivity index (χ4v) is 3.52. The molecule has 0 bridgehead atoms. The molecule has 4 aromatic rings. The summed E-state index contributed by atoms with van der Waals surface area (Å²) in [5, 5.41) is 5.22. The van der Waals surface area contributed by atoms with Crippen LogP contribution in [0, 0.1) is 5.82 Å². The Labute approximate surface area is 204 Å². The maximum atomic E-state index is 14.7. The summed E-state index contributed by atoms with van der Waals surface area (Å²) in [6, 6.07) is 14.3. The molecule has 0 aliphatic rings. The van der Waals surface area contributed by atoms with Gasteiger partial charge in [-0.25, -0.2) is 9.18 Å². The van der Waals surface area contributed by atoms with Crippen molar-refractivity contribution < 1.29 is 28.2 Å². The third-order valence-electron chi connectivity index (χ3n) is 4.97. The molecule has 0 saturated carbocycles. The number of nitrogens with zero attached hydrogens (tertiary/aromatic N) is 1. The van der Waals surface area contributed by atoms with Crippen LogP contribution in [0.4, 0.5) is 14.9 Å². The first-order valence-corrected chi connectivity index (χ1v) is 10.6. The van der Waals surface area contributed by atoms with Crippen molar-refractivity contribution in [2.24, 2.45) is 0 Å². The number of pyridine rings is 1. The van der Waals surface area contributed by atoms with E-state index in [2.05, 4.69) is 15.6 Å². The SMILES string of the molecule is COc1cc2nccc(Oc3ccc(NC(=O)NC(=O)c4ccccc4Cl)c(F)c3)c2cc1OC. The van der Waals surface area contributed by atoms with Crippen molar-refractivity contribution in [3.05, 3.63) is 83.3 Å². The van der Waals surface area contributed by atoms with E-state index in [0.29, 0.717) is 28.2 Å². The van der Waals surface area contributed by atoms with E-state index in [-0.39, 0.29) is 22.0 Å². The van der Waals surface area contributed by atoms with E-state index in [1.807, 2.05) is 0 Å². The molecule has 0 fully saturated rings. The minimum Gasteiger partial charge on any atom is -0.493 e. The highest BCUT2D eigenvalue weighted by Gasteiger charge is 2.16. The quantitative estimate of drug-likeness (QED) is 0.351. The van der Waals surface area contributed by atoms with Gasteiger partial charge in [-0.1, -0.05) is 23.7 Å². The van der Waals surface area contributed by atoms with Gasteiger partial charge in [-0.3, -0.25) is 15.1 Å². The van der Waals surface area contributed by atoms with Gasteiger partial charge in [0.2, 0.25) is 0 Å². The molecule has 0 aliphatic heterocycles. The molecule has 0 atom stereocenters. The number of methoxy groups -OCH3 is 2. The number of benzene rings is 3. The van der Waals surface area contributed by atoms with Gasteiger partial charge >= 0.3 is 6.03 Å². The second-order valence-corrected chi connectivity index (χ2v) is 7.57. The van der Waals surface area contributed by atoms with Gasteiger partial charge in [0, 0.05) is 23.7 Å². The van der Waals surface area contributed by atoms with Crippen molar-refractivity contribution in [1.82, 2.24) is 10.3 Å². The van der Waals surface area contributed by atoms with Crippen LogP contribution in [-0.4, -0.2) is 31.1 Å². The third kappa shape index (κ3) is 5.25. The van der Waals surface area contributed by atoms with Crippen molar-refractivity contribution in [3.63, 3.8) is 0 Å². The van der Waals surface area contributed by atoms with Crippen LogP contribution >= 0.6 is 11.6 Å². The molecule has 0 saturated heterocycles. The van der Waals surface area contributed by atoms with Crippen molar-refractivity contribution >= 4 is 40.1 Å². The first-order chi connectivity index (χ1) is 16.9. The molecule has 0 unspecified atom stereocenters. The summed E-state index contributed by atoms with van der Waals surface area (Å²) in [6.07, 6.45) is 1.55. The second kappa shape index (κ2) is 10.3. The molecule has 1 aromatic heterocycles. The van der Waals surface area contributed by atoms with Crippen LogP contribution in [0.15, 0.2) is 66.9 Å².